The van der Waals surface area contributed by atoms with Gasteiger partial charge in [0, 0.05) is 39.7 Å². The molecule has 0 radical (unpaired) electrons. The first kappa shape index (κ1) is 28.3. The molecule has 7 atom stereocenters. The summed E-state index contributed by atoms with van der Waals surface area (Å²) in [7, 11) is 0. The molecule has 2 bridgehead atoms. The van der Waals surface area contributed by atoms with Crippen LogP contribution in [0.4, 0.5) is 10.1 Å². The van der Waals surface area contributed by atoms with Crippen LogP contribution in [0.3, 0.4) is 0 Å². The van der Waals surface area contributed by atoms with Gasteiger partial charge in [-0.2, -0.15) is 0 Å². The van der Waals surface area contributed by atoms with Crippen molar-refractivity contribution < 1.29 is 23.5 Å². The van der Waals surface area contributed by atoms with E-state index in [1.165, 1.54) is 29.2 Å². The van der Waals surface area contributed by atoms with Crippen LogP contribution in [0.25, 0.3) is 0 Å². The van der Waals surface area contributed by atoms with Crippen LogP contribution in [0.1, 0.15) is 42.0 Å². The van der Waals surface area contributed by atoms with Crippen LogP contribution in [0.15, 0.2) is 52.3 Å². The van der Waals surface area contributed by atoms with E-state index in [1.807, 2.05) is 11.0 Å². The Morgan fingerprint density at radius 2 is 1.73 bits per heavy atom. The van der Waals surface area contributed by atoms with Crippen LogP contribution < -0.4 is 14.5 Å². The molecule has 8 rings (SSSR count). The standard InChI is InChI=1S/C32H29ClFN3O5S2/c33-15-4-9-21(42-14-22(38)36-10-2-1-3-11-36)18(12-15)23-24-19-13-20(27(24)43-29-28(23)44-32(41)35-29)26-25(19)30(39)37(31(26)40)17-7-5-16(34)6-8-17/h4-9,12,19-20,23-27H,1-3,10-11,13-14H2,(H,35,41)/t19-,20-,23+,24-,25+,26+,27-/m1/s1. The van der Waals surface area contributed by atoms with Gasteiger partial charge in [0.15, 0.2) is 6.61 Å². The SMILES string of the molecule is O=C(COc1ccc(Cl)cc1[C@@H]1c2sc(=O)[nH]c2S[C@@H]2[C@@H]3C[C@@H]([C@@H]4C(=O)N(c5ccc(F)cc5)C(=O)[C@@H]34)[C@H]12)N1CCCCC1. The number of nitrogens with zero attached hydrogens (tertiary/aromatic N) is 2. The van der Waals surface area contributed by atoms with Crippen molar-refractivity contribution in [3.8, 4) is 5.75 Å². The molecule has 12 heteroatoms. The van der Waals surface area contributed by atoms with Gasteiger partial charge >= 0.3 is 4.87 Å². The van der Waals surface area contributed by atoms with Gasteiger partial charge in [-0.1, -0.05) is 22.9 Å². The van der Waals surface area contributed by atoms with E-state index in [2.05, 4.69) is 4.98 Å². The molecule has 44 heavy (non-hydrogen) atoms. The Kier molecular flexibility index (Phi) is 6.91. The number of thiazole rings is 1. The molecule has 4 fully saturated rings. The molecule has 8 nitrogen and oxygen atoms in total. The fourth-order valence-electron chi connectivity index (χ4n) is 8.48. The van der Waals surface area contributed by atoms with Gasteiger partial charge in [0.25, 0.3) is 5.91 Å². The van der Waals surface area contributed by atoms with Crippen molar-refractivity contribution >= 4 is 58.1 Å². The Morgan fingerprint density at radius 1 is 1.00 bits per heavy atom. The lowest BCUT2D eigenvalue weighted by atomic mass is 9.68. The first-order valence-corrected chi connectivity index (χ1v) is 17.1. The second-order valence-corrected chi connectivity index (χ2v) is 15.0. The average molecular weight is 654 g/mol. The first-order chi connectivity index (χ1) is 21.3. The Labute approximate surface area is 265 Å². The molecular weight excluding hydrogens is 625 g/mol. The number of carbonyl (C=O) groups is 3. The Morgan fingerprint density at radius 3 is 2.48 bits per heavy atom. The summed E-state index contributed by atoms with van der Waals surface area (Å²) in [6, 6.07) is 10.8. The van der Waals surface area contributed by atoms with E-state index in [4.69, 9.17) is 16.3 Å². The maximum atomic E-state index is 14.0. The second kappa shape index (κ2) is 10.7. The molecule has 4 heterocycles. The van der Waals surface area contributed by atoms with Gasteiger partial charge in [-0.3, -0.25) is 24.1 Å². The first-order valence-electron chi connectivity index (χ1n) is 15.0. The van der Waals surface area contributed by atoms with Gasteiger partial charge in [-0.05, 0) is 85.9 Å². The molecule has 2 aromatic carbocycles. The number of nitrogens with one attached hydrogen (secondary N) is 1. The van der Waals surface area contributed by atoms with Gasteiger partial charge < -0.3 is 14.6 Å². The highest BCUT2D eigenvalue weighted by molar-refractivity contribution is 8.00. The minimum Gasteiger partial charge on any atom is -0.483 e. The fourth-order valence-corrected chi connectivity index (χ4v) is 11.5. The lowest BCUT2D eigenvalue weighted by Gasteiger charge is -2.43. The van der Waals surface area contributed by atoms with Crippen molar-refractivity contribution in [2.75, 3.05) is 24.6 Å². The molecule has 228 valence electrons. The number of anilines is 1. The predicted molar refractivity (Wildman–Crippen MR) is 165 cm³/mol. The number of thioether (sulfide) groups is 1. The van der Waals surface area contributed by atoms with E-state index < -0.39 is 17.7 Å². The number of aromatic amines is 1. The second-order valence-electron chi connectivity index (χ2n) is 12.4. The summed E-state index contributed by atoms with van der Waals surface area (Å²) in [5.74, 6) is -1.95. The number of imide groups is 1. The normalized spacial score (nSPS) is 30.4. The largest absolute Gasteiger partial charge is 0.483 e. The molecular formula is C32H29ClFN3O5S2. The third kappa shape index (κ3) is 4.37. The predicted octanol–water partition coefficient (Wildman–Crippen LogP) is 5.30. The molecule has 3 aliphatic heterocycles. The van der Waals surface area contributed by atoms with Crippen LogP contribution >= 0.6 is 34.7 Å². The molecule has 0 unspecified atom stereocenters. The Bertz CT molecular complexity index is 1740. The summed E-state index contributed by atoms with van der Waals surface area (Å²) in [6.45, 7) is 1.36. The number of amides is 3. The van der Waals surface area contributed by atoms with Crippen LogP contribution in [-0.2, 0) is 14.4 Å². The summed E-state index contributed by atoms with van der Waals surface area (Å²) in [5.41, 5.74) is 1.17. The number of benzene rings is 2. The maximum Gasteiger partial charge on any atom is 0.305 e. The van der Waals surface area contributed by atoms with E-state index in [1.54, 1.807) is 23.9 Å². The zero-order valence-electron chi connectivity index (χ0n) is 23.5. The number of hydrogen-bond donors (Lipinski definition) is 1. The zero-order chi connectivity index (χ0) is 30.3. The lowest BCUT2D eigenvalue weighted by molar-refractivity contribution is -0.134. The van der Waals surface area contributed by atoms with Crippen molar-refractivity contribution in [3.05, 3.63) is 73.4 Å². The highest BCUT2D eigenvalue weighted by Gasteiger charge is 2.69. The highest BCUT2D eigenvalue weighted by Crippen LogP contribution is 2.69. The van der Waals surface area contributed by atoms with Crippen LogP contribution in [0.5, 0.6) is 5.75 Å². The molecule has 1 aromatic heterocycles. The molecule has 0 spiro atoms. The number of halogens is 2. The van der Waals surface area contributed by atoms with E-state index in [0.29, 0.717) is 16.5 Å². The van der Waals surface area contributed by atoms with Crippen molar-refractivity contribution in [2.24, 2.45) is 29.6 Å². The van der Waals surface area contributed by atoms with Crippen molar-refractivity contribution in [2.45, 2.75) is 41.9 Å². The minimum absolute atomic E-state index is 0.0178. The summed E-state index contributed by atoms with van der Waals surface area (Å²) < 4.78 is 19.9. The van der Waals surface area contributed by atoms with Gasteiger partial charge in [-0.25, -0.2) is 4.39 Å². The number of rotatable bonds is 5. The number of aromatic nitrogens is 1. The molecule has 3 amide bonds. The van der Waals surface area contributed by atoms with Crippen LogP contribution in [0.2, 0.25) is 5.02 Å². The van der Waals surface area contributed by atoms with Gasteiger partial charge in [0.1, 0.15) is 11.6 Å². The fraction of sp³-hybridized carbons (Fsp3) is 0.438. The number of piperidine rings is 1. The monoisotopic (exact) mass is 653 g/mol. The molecule has 1 N–H and O–H groups in total. The smallest absolute Gasteiger partial charge is 0.305 e. The molecule has 2 aliphatic carbocycles. The minimum atomic E-state index is -0.497. The lowest BCUT2D eigenvalue weighted by Crippen LogP contribution is -2.43. The maximum absolute atomic E-state index is 14.0. The van der Waals surface area contributed by atoms with Crippen LogP contribution in [0, 0.1) is 35.4 Å². The Balaban J connectivity index is 1.16. The number of H-pyrrole nitrogens is 1. The van der Waals surface area contributed by atoms with E-state index >= 15 is 0 Å². The third-order valence-electron chi connectivity index (χ3n) is 10.2. The number of hydrogen-bond acceptors (Lipinski definition) is 7. The van der Waals surface area contributed by atoms with Gasteiger partial charge in [0.2, 0.25) is 11.8 Å². The van der Waals surface area contributed by atoms with Gasteiger partial charge in [0.05, 0.1) is 22.5 Å². The van der Waals surface area contributed by atoms with Crippen molar-refractivity contribution in [1.29, 1.82) is 0 Å². The summed E-state index contributed by atoms with van der Waals surface area (Å²) in [5, 5.41) is 1.26. The zero-order valence-corrected chi connectivity index (χ0v) is 25.9. The van der Waals surface area contributed by atoms with Crippen molar-refractivity contribution in [3.63, 3.8) is 0 Å². The van der Waals surface area contributed by atoms with Crippen molar-refractivity contribution in [1.82, 2.24) is 9.88 Å². The summed E-state index contributed by atoms with van der Waals surface area (Å²) in [4.78, 5) is 60.2. The van der Waals surface area contributed by atoms with E-state index in [9.17, 15) is 23.6 Å². The van der Waals surface area contributed by atoms with Crippen LogP contribution in [-0.4, -0.2) is 52.6 Å². The Hall–Kier alpha value is -3.15. The average Bonchev–Trinajstić information content (AvgIpc) is 3.76. The molecule has 2 saturated heterocycles. The summed E-state index contributed by atoms with van der Waals surface area (Å²) >= 11 is 9.32. The third-order valence-corrected chi connectivity index (χ3v) is 13.0. The highest BCUT2D eigenvalue weighted by atomic mass is 35.5. The van der Waals surface area contributed by atoms with E-state index in [0.717, 1.165) is 65.6 Å². The number of fused-ring (bicyclic) bond motifs is 9. The van der Waals surface area contributed by atoms with E-state index in [-0.39, 0.29) is 58.1 Å². The molecule has 2 saturated carbocycles. The quantitative estimate of drug-likeness (QED) is 0.376. The number of likely N-dealkylation sites (tertiary alicyclic amines) is 1. The number of carbonyl (C=O) groups excluding carboxylic acids is 3. The molecule has 3 aromatic rings. The number of ether oxygens (including phenoxy) is 1. The topological polar surface area (TPSA) is 99.8 Å². The molecule has 5 aliphatic rings. The van der Waals surface area contributed by atoms with Gasteiger partial charge in [-0.15, -0.1) is 11.8 Å². The summed E-state index contributed by atoms with van der Waals surface area (Å²) in [6.07, 6.45) is 3.82.